The number of halogens is 3. The number of unbranched alkanes of at least 4 members (excludes halogenated alkanes) is 2. The van der Waals surface area contributed by atoms with Crippen molar-refractivity contribution in [2.45, 2.75) is 96.7 Å². The molecular formula is C39H51F3N2O9. The number of alkyl halides is 3. The summed E-state index contributed by atoms with van der Waals surface area (Å²) in [6.45, 7) is 4.12. The van der Waals surface area contributed by atoms with E-state index in [0.29, 0.717) is 37.5 Å². The quantitative estimate of drug-likeness (QED) is 0.0239. The molecule has 1 N–H and O–H groups in total. The van der Waals surface area contributed by atoms with Crippen LogP contribution in [0.3, 0.4) is 0 Å². The first-order chi connectivity index (χ1) is 25.4. The van der Waals surface area contributed by atoms with Crippen LogP contribution in [-0.2, 0) is 36.6 Å². The van der Waals surface area contributed by atoms with Gasteiger partial charge in [-0.05, 0) is 93.2 Å². The fourth-order valence-electron chi connectivity index (χ4n) is 5.41. The van der Waals surface area contributed by atoms with Gasteiger partial charge in [0, 0.05) is 12.8 Å². The highest BCUT2D eigenvalue weighted by Gasteiger charge is 2.30. The third kappa shape index (κ3) is 19.5. The predicted molar refractivity (Wildman–Crippen MR) is 192 cm³/mol. The van der Waals surface area contributed by atoms with E-state index in [0.717, 1.165) is 30.0 Å². The Balaban J connectivity index is 0.000000367. The molecule has 0 spiro atoms. The first kappa shape index (κ1) is 44.3. The Bertz CT molecular complexity index is 1450. The van der Waals surface area contributed by atoms with E-state index in [4.69, 9.17) is 14.2 Å². The number of carbonyl (C=O) groups is 3. The van der Waals surface area contributed by atoms with Crippen LogP contribution in [0, 0.1) is 22.0 Å². The maximum Gasteiger partial charge on any atom is 0.416 e. The van der Waals surface area contributed by atoms with Gasteiger partial charge in [-0.3, -0.25) is 9.59 Å². The number of allylic oxidation sites excluding steroid dienone is 3. The highest BCUT2D eigenvalue weighted by molar-refractivity contribution is 5.79. The second-order valence-electron chi connectivity index (χ2n) is 12.5. The van der Waals surface area contributed by atoms with Gasteiger partial charge in [-0.15, -0.1) is 10.1 Å². The largest absolute Gasteiger partial charge is 0.493 e. The Morgan fingerprint density at radius 2 is 1.77 bits per heavy atom. The van der Waals surface area contributed by atoms with E-state index in [1.807, 2.05) is 0 Å². The van der Waals surface area contributed by atoms with E-state index in [9.17, 15) is 37.7 Å². The van der Waals surface area contributed by atoms with Gasteiger partial charge < -0.3 is 24.4 Å². The van der Waals surface area contributed by atoms with Crippen molar-refractivity contribution in [3.8, 4) is 11.5 Å². The highest BCUT2D eigenvalue weighted by atomic mass is 19.4. The van der Waals surface area contributed by atoms with Crippen molar-refractivity contribution in [1.29, 1.82) is 0 Å². The van der Waals surface area contributed by atoms with Gasteiger partial charge in [0.05, 0.1) is 25.4 Å². The molecule has 292 valence electrons. The molecular weight excluding hydrogens is 697 g/mol. The molecule has 1 aliphatic rings. The molecule has 3 atom stereocenters. The molecule has 0 aromatic heterocycles. The Labute approximate surface area is 309 Å². The number of benzene rings is 2. The fraction of sp³-hybridized carbons (Fsp3) is 0.513. The average Bonchev–Trinajstić information content (AvgIpc) is 3.57. The molecule has 0 aliphatic heterocycles. The van der Waals surface area contributed by atoms with Gasteiger partial charge in [0.2, 0.25) is 6.41 Å². The summed E-state index contributed by atoms with van der Waals surface area (Å²) in [6, 6.07) is 10.9. The van der Waals surface area contributed by atoms with Gasteiger partial charge in [-0.1, -0.05) is 68.7 Å². The first-order valence-corrected chi connectivity index (χ1v) is 18.0. The summed E-state index contributed by atoms with van der Waals surface area (Å²) in [5.74, 6) is 0.909. The zero-order valence-electron chi connectivity index (χ0n) is 30.4. The Morgan fingerprint density at radius 1 is 1.00 bits per heavy atom. The van der Waals surface area contributed by atoms with Crippen molar-refractivity contribution in [3.05, 3.63) is 94.1 Å². The summed E-state index contributed by atoms with van der Waals surface area (Å²) in [6.07, 6.45) is 15.2. The van der Waals surface area contributed by atoms with Crippen LogP contribution in [0.15, 0.2) is 72.8 Å². The normalized spacial score (nSPS) is 16.0. The lowest BCUT2D eigenvalue weighted by atomic mass is 9.92. The molecule has 0 heterocycles. The lowest BCUT2D eigenvalue weighted by molar-refractivity contribution is -0.757. The summed E-state index contributed by atoms with van der Waals surface area (Å²) in [5, 5.41) is 11.3. The van der Waals surface area contributed by atoms with Gasteiger partial charge in [-0.2, -0.15) is 13.2 Å². The number of esters is 2. The van der Waals surface area contributed by atoms with Crippen LogP contribution in [-0.4, -0.2) is 49.3 Å². The van der Waals surface area contributed by atoms with Crippen LogP contribution < -0.4 is 14.8 Å². The number of rotatable bonds is 22. The van der Waals surface area contributed by atoms with Gasteiger partial charge >= 0.3 is 18.1 Å². The number of nitrogens with zero attached hydrogens (tertiary/aromatic N) is 1. The van der Waals surface area contributed by atoms with Crippen LogP contribution in [0.4, 0.5) is 13.2 Å². The number of amides is 1. The van der Waals surface area contributed by atoms with E-state index in [2.05, 4.69) is 41.4 Å². The van der Waals surface area contributed by atoms with Gasteiger partial charge in [0.15, 0.2) is 0 Å². The van der Waals surface area contributed by atoms with Gasteiger partial charge in [-0.25, -0.2) is 4.79 Å². The van der Waals surface area contributed by atoms with E-state index >= 15 is 0 Å². The molecule has 0 bridgehead atoms. The number of hydrogen-bond acceptors (Lipinski definition) is 9. The molecule has 1 saturated carbocycles. The second kappa shape index (κ2) is 25.2. The number of carbonyl (C=O) groups excluding carboxylic acids is 3. The number of ether oxygens (including phenoxy) is 3. The molecule has 11 nitrogen and oxygen atoms in total. The van der Waals surface area contributed by atoms with E-state index in [1.165, 1.54) is 51.5 Å². The smallest absolute Gasteiger partial charge is 0.416 e. The maximum absolute atomic E-state index is 12.7. The maximum atomic E-state index is 12.7. The van der Waals surface area contributed by atoms with Crippen molar-refractivity contribution >= 4 is 18.3 Å². The minimum atomic E-state index is -4.33. The fourth-order valence-corrected chi connectivity index (χ4v) is 5.41. The average molecular weight is 749 g/mol. The zero-order valence-corrected chi connectivity index (χ0v) is 30.4. The minimum absolute atomic E-state index is 0.0374. The lowest BCUT2D eigenvalue weighted by Crippen LogP contribution is -2.35. The van der Waals surface area contributed by atoms with E-state index < -0.39 is 34.8 Å². The van der Waals surface area contributed by atoms with E-state index in [-0.39, 0.29) is 31.8 Å². The summed E-state index contributed by atoms with van der Waals surface area (Å²) in [5.41, 5.74) is 0.199. The molecule has 14 heteroatoms. The third-order valence-corrected chi connectivity index (χ3v) is 8.33. The van der Waals surface area contributed by atoms with Crippen LogP contribution >= 0.6 is 0 Å². The number of hydrogen-bond donors (Lipinski definition) is 1. The van der Waals surface area contributed by atoms with Crippen molar-refractivity contribution in [2.24, 2.45) is 11.8 Å². The Kier molecular flexibility index (Phi) is 21.0. The molecule has 0 radical (unpaired) electrons. The lowest BCUT2D eigenvalue weighted by Gasteiger charge is -2.14. The third-order valence-electron chi connectivity index (χ3n) is 8.33. The van der Waals surface area contributed by atoms with Crippen molar-refractivity contribution in [1.82, 2.24) is 5.32 Å². The van der Waals surface area contributed by atoms with E-state index in [1.54, 1.807) is 30.3 Å². The van der Waals surface area contributed by atoms with Crippen LogP contribution in [0.5, 0.6) is 11.5 Å². The molecule has 2 aromatic carbocycles. The Morgan fingerprint density at radius 3 is 2.47 bits per heavy atom. The predicted octanol–water partition coefficient (Wildman–Crippen LogP) is 8.38. The molecule has 0 saturated heterocycles. The second-order valence-corrected chi connectivity index (χ2v) is 12.5. The van der Waals surface area contributed by atoms with Crippen LogP contribution in [0.25, 0.3) is 0 Å². The highest BCUT2D eigenvalue weighted by Crippen LogP contribution is 2.35. The minimum Gasteiger partial charge on any atom is -0.493 e. The Hall–Kier alpha value is -4.88. The SMILES string of the molecule is CC(NC=O)C(=O)Oc1ccc(CCOC(=O)CCCO[N+](=O)[O-])cc1.CCCC/C=C\CC1CCCC1/C=C/CCOc1cccc(C(F)(F)F)c1. The molecule has 1 amide bonds. The summed E-state index contributed by atoms with van der Waals surface area (Å²) in [7, 11) is 0. The van der Waals surface area contributed by atoms with Crippen LogP contribution in [0.2, 0.25) is 0 Å². The molecule has 1 aliphatic carbocycles. The molecule has 3 rings (SSSR count). The first-order valence-electron chi connectivity index (χ1n) is 18.0. The van der Waals surface area contributed by atoms with Crippen molar-refractivity contribution in [2.75, 3.05) is 19.8 Å². The zero-order chi connectivity index (χ0) is 38.9. The standard InChI is InChI=1S/C23H31F3O.C16H20N2O8/c1-2-3-4-5-6-11-19-13-9-14-20(19)12-7-8-17-27-22-16-10-15-21(18-22)23(24,25)26;1-12(17-11-19)16(21)26-14-6-4-13(5-7-14)8-10-24-15(20)3-2-9-25-18(22)23/h5-7,10,12,15-16,18-20H,2-4,8-9,11,13-14,17H2,1H3;4-7,11-12H,2-3,8-10H2,1H3,(H,17,19)/b6-5-,12-7+;. The summed E-state index contributed by atoms with van der Waals surface area (Å²) >= 11 is 0. The van der Waals surface area contributed by atoms with Gasteiger partial charge in [0.25, 0.3) is 5.09 Å². The van der Waals surface area contributed by atoms with Gasteiger partial charge in [0.1, 0.15) is 17.5 Å². The summed E-state index contributed by atoms with van der Waals surface area (Å²) in [4.78, 5) is 47.4. The topological polar surface area (TPSA) is 143 Å². The molecule has 1 fully saturated rings. The molecule has 2 aromatic rings. The van der Waals surface area contributed by atoms with Crippen molar-refractivity contribution in [3.63, 3.8) is 0 Å². The van der Waals surface area contributed by atoms with Crippen molar-refractivity contribution < 1.29 is 51.7 Å². The van der Waals surface area contributed by atoms with Crippen LogP contribution in [0.1, 0.15) is 89.2 Å². The number of nitrogens with one attached hydrogen (secondary N) is 1. The summed E-state index contributed by atoms with van der Waals surface area (Å²) < 4.78 is 53.7. The molecule has 53 heavy (non-hydrogen) atoms. The monoisotopic (exact) mass is 748 g/mol. The molecule has 3 unspecified atom stereocenters.